The van der Waals surface area contributed by atoms with Crippen molar-refractivity contribution >= 4 is 24.1 Å². The maximum absolute atomic E-state index is 12.9. The molecule has 0 aromatic heterocycles. The molecule has 1 fully saturated rings. The number of rotatable bonds is 4. The molecule has 1 atom stereocenters. The average Bonchev–Trinajstić information content (AvgIpc) is 2.73. The van der Waals surface area contributed by atoms with Crippen molar-refractivity contribution in [1.82, 2.24) is 10.2 Å². The zero-order chi connectivity index (χ0) is 17.4. The molecule has 0 saturated carbocycles. The molecule has 1 heterocycles. The van der Waals surface area contributed by atoms with Crippen molar-refractivity contribution in [1.29, 1.82) is 5.41 Å². The molecule has 122 valence electrons. The summed E-state index contributed by atoms with van der Waals surface area (Å²) in [4.78, 5) is 36.7. The van der Waals surface area contributed by atoms with Gasteiger partial charge in [-0.3, -0.25) is 15.1 Å². The van der Waals surface area contributed by atoms with Gasteiger partial charge in [-0.15, -0.1) is 0 Å². The minimum Gasteiger partial charge on any atom is -0.384 e. The summed E-state index contributed by atoms with van der Waals surface area (Å²) in [5, 5.41) is 10.2. The molecule has 2 rings (SSSR count). The van der Waals surface area contributed by atoms with Gasteiger partial charge in [0.05, 0.1) is 6.54 Å². The van der Waals surface area contributed by atoms with Gasteiger partial charge < -0.3 is 15.8 Å². The third-order valence-corrected chi connectivity index (χ3v) is 4.12. The molecule has 4 N–H and O–H groups in total. The number of benzene rings is 1. The SMILES string of the molecule is CC(C)(C)C1(c2ccc(C(=N)N)cc2)NC(=O)N(CC=O)C1=O. The fraction of sp³-hybridized carbons (Fsp3) is 0.375. The number of carbonyl (C=O) groups excluding carboxylic acids is 3. The lowest BCUT2D eigenvalue weighted by Crippen LogP contribution is -2.54. The van der Waals surface area contributed by atoms with Crippen LogP contribution in [0, 0.1) is 10.8 Å². The molecule has 7 nitrogen and oxygen atoms in total. The Labute approximate surface area is 134 Å². The molecule has 23 heavy (non-hydrogen) atoms. The quantitative estimate of drug-likeness (QED) is 0.332. The highest BCUT2D eigenvalue weighted by Crippen LogP contribution is 2.43. The molecular weight excluding hydrogens is 296 g/mol. The van der Waals surface area contributed by atoms with Gasteiger partial charge in [0.15, 0.2) is 5.54 Å². The molecule has 1 aromatic carbocycles. The van der Waals surface area contributed by atoms with Gasteiger partial charge in [-0.05, 0) is 11.0 Å². The number of amidine groups is 1. The van der Waals surface area contributed by atoms with Gasteiger partial charge in [-0.25, -0.2) is 4.79 Å². The Morgan fingerprint density at radius 2 is 1.87 bits per heavy atom. The van der Waals surface area contributed by atoms with Crippen LogP contribution in [0.1, 0.15) is 31.9 Å². The van der Waals surface area contributed by atoms with Crippen LogP contribution >= 0.6 is 0 Å². The van der Waals surface area contributed by atoms with E-state index in [0.29, 0.717) is 17.4 Å². The minimum absolute atomic E-state index is 0.0780. The van der Waals surface area contributed by atoms with E-state index in [1.165, 1.54) is 0 Å². The number of hydrogen-bond donors (Lipinski definition) is 3. The Bertz CT molecular complexity index is 676. The molecule has 1 saturated heterocycles. The average molecular weight is 316 g/mol. The second kappa shape index (κ2) is 5.49. The van der Waals surface area contributed by atoms with E-state index in [2.05, 4.69) is 5.32 Å². The van der Waals surface area contributed by atoms with Crippen molar-refractivity contribution in [2.75, 3.05) is 6.54 Å². The van der Waals surface area contributed by atoms with Crippen LogP contribution in [-0.2, 0) is 15.1 Å². The Morgan fingerprint density at radius 1 is 1.30 bits per heavy atom. The summed E-state index contributed by atoms with van der Waals surface area (Å²) in [6, 6.07) is 6.02. The summed E-state index contributed by atoms with van der Waals surface area (Å²) in [5.74, 6) is -0.539. The number of hydrogen-bond acceptors (Lipinski definition) is 4. The summed E-state index contributed by atoms with van der Waals surface area (Å²) in [6.45, 7) is 5.24. The highest BCUT2D eigenvalue weighted by molar-refractivity contribution is 6.09. The number of nitrogens with one attached hydrogen (secondary N) is 2. The van der Waals surface area contributed by atoms with E-state index in [0.717, 1.165) is 4.90 Å². The van der Waals surface area contributed by atoms with E-state index in [1.54, 1.807) is 24.3 Å². The highest BCUT2D eigenvalue weighted by atomic mass is 16.2. The second-order valence-electron chi connectivity index (χ2n) is 6.50. The lowest BCUT2D eigenvalue weighted by molar-refractivity contribution is -0.136. The number of urea groups is 1. The number of nitrogens with zero attached hydrogens (tertiary/aromatic N) is 1. The smallest absolute Gasteiger partial charge is 0.325 e. The van der Waals surface area contributed by atoms with Crippen molar-refractivity contribution in [2.24, 2.45) is 11.1 Å². The first-order valence-electron chi connectivity index (χ1n) is 7.18. The van der Waals surface area contributed by atoms with E-state index in [1.807, 2.05) is 20.8 Å². The van der Waals surface area contributed by atoms with Crippen LogP contribution in [0.15, 0.2) is 24.3 Å². The van der Waals surface area contributed by atoms with E-state index in [-0.39, 0.29) is 12.4 Å². The third kappa shape index (κ3) is 2.48. The van der Waals surface area contributed by atoms with E-state index >= 15 is 0 Å². The second-order valence-corrected chi connectivity index (χ2v) is 6.50. The number of carbonyl (C=O) groups is 3. The molecule has 1 unspecified atom stereocenters. The monoisotopic (exact) mass is 316 g/mol. The molecule has 0 radical (unpaired) electrons. The maximum Gasteiger partial charge on any atom is 0.325 e. The highest BCUT2D eigenvalue weighted by Gasteiger charge is 2.58. The van der Waals surface area contributed by atoms with Crippen molar-refractivity contribution < 1.29 is 14.4 Å². The first-order valence-corrected chi connectivity index (χ1v) is 7.18. The van der Waals surface area contributed by atoms with Crippen LogP contribution in [0.2, 0.25) is 0 Å². The largest absolute Gasteiger partial charge is 0.384 e. The van der Waals surface area contributed by atoms with Gasteiger partial charge >= 0.3 is 6.03 Å². The summed E-state index contributed by atoms with van der Waals surface area (Å²) >= 11 is 0. The first-order chi connectivity index (χ1) is 10.6. The van der Waals surface area contributed by atoms with E-state index < -0.39 is 22.9 Å². The first kappa shape index (κ1) is 16.7. The van der Waals surface area contributed by atoms with E-state index in [9.17, 15) is 14.4 Å². The predicted octanol–water partition coefficient (Wildman–Crippen LogP) is 0.963. The number of aldehydes is 1. The van der Waals surface area contributed by atoms with Crippen molar-refractivity contribution in [3.05, 3.63) is 35.4 Å². The number of nitrogens with two attached hydrogens (primary N) is 1. The van der Waals surface area contributed by atoms with Gasteiger partial charge in [0.25, 0.3) is 5.91 Å². The van der Waals surface area contributed by atoms with Crippen LogP contribution < -0.4 is 11.1 Å². The van der Waals surface area contributed by atoms with Crippen LogP contribution in [0.4, 0.5) is 4.79 Å². The molecule has 1 aliphatic heterocycles. The maximum atomic E-state index is 12.9. The van der Waals surface area contributed by atoms with Crippen LogP contribution in [-0.4, -0.2) is 35.5 Å². The molecular formula is C16H20N4O3. The fourth-order valence-corrected chi connectivity index (χ4v) is 2.85. The summed E-state index contributed by atoms with van der Waals surface area (Å²) in [6.07, 6.45) is 0.523. The Balaban J connectivity index is 2.58. The molecule has 0 spiro atoms. The molecule has 1 aromatic rings. The normalized spacial score (nSPS) is 21.3. The van der Waals surface area contributed by atoms with Crippen LogP contribution in [0.3, 0.4) is 0 Å². The third-order valence-electron chi connectivity index (χ3n) is 4.12. The number of nitrogen functional groups attached to an aromatic ring is 1. The summed E-state index contributed by atoms with van der Waals surface area (Å²) in [5.41, 5.74) is 4.65. The Kier molecular flexibility index (Phi) is 3.98. The summed E-state index contributed by atoms with van der Waals surface area (Å²) in [7, 11) is 0. The summed E-state index contributed by atoms with van der Waals surface area (Å²) < 4.78 is 0. The van der Waals surface area contributed by atoms with Crippen molar-refractivity contribution in [3.8, 4) is 0 Å². The van der Waals surface area contributed by atoms with E-state index in [4.69, 9.17) is 11.1 Å². The number of imide groups is 1. The van der Waals surface area contributed by atoms with Crippen LogP contribution in [0.25, 0.3) is 0 Å². The van der Waals surface area contributed by atoms with Gasteiger partial charge in [-0.1, -0.05) is 45.0 Å². The lowest BCUT2D eigenvalue weighted by atomic mass is 9.69. The zero-order valence-corrected chi connectivity index (χ0v) is 13.3. The Hall–Kier alpha value is -2.70. The van der Waals surface area contributed by atoms with Gasteiger partial charge in [-0.2, -0.15) is 0 Å². The fourth-order valence-electron chi connectivity index (χ4n) is 2.85. The topological polar surface area (TPSA) is 116 Å². The lowest BCUT2D eigenvalue weighted by Gasteiger charge is -2.39. The Morgan fingerprint density at radius 3 is 2.30 bits per heavy atom. The minimum atomic E-state index is -1.28. The molecule has 0 bridgehead atoms. The van der Waals surface area contributed by atoms with Gasteiger partial charge in [0, 0.05) is 5.56 Å². The van der Waals surface area contributed by atoms with Gasteiger partial charge in [0.1, 0.15) is 12.1 Å². The molecule has 7 heteroatoms. The predicted molar refractivity (Wildman–Crippen MR) is 84.9 cm³/mol. The zero-order valence-electron chi connectivity index (χ0n) is 13.3. The number of amides is 3. The van der Waals surface area contributed by atoms with Crippen molar-refractivity contribution in [3.63, 3.8) is 0 Å². The van der Waals surface area contributed by atoms with Crippen LogP contribution in [0.5, 0.6) is 0 Å². The standard InChI is InChI=1S/C16H20N4O3/c1-15(2,3)16(11-6-4-10(5-7-11)12(17)18)13(22)20(8-9-21)14(23)19-16/h4-7,9H,8H2,1-3H3,(H3,17,18)(H,19,23). The molecule has 0 aliphatic carbocycles. The van der Waals surface area contributed by atoms with Crippen molar-refractivity contribution in [2.45, 2.75) is 26.3 Å². The molecule has 1 aliphatic rings. The molecule has 3 amide bonds. The van der Waals surface area contributed by atoms with Gasteiger partial charge in [0.2, 0.25) is 0 Å².